The van der Waals surface area contributed by atoms with E-state index in [1.54, 1.807) is 12.3 Å². The van der Waals surface area contributed by atoms with Gasteiger partial charge in [0.05, 0.1) is 10.6 Å². The normalized spacial score (nSPS) is 14.6. The van der Waals surface area contributed by atoms with Crippen molar-refractivity contribution in [3.05, 3.63) is 88.6 Å². The highest BCUT2D eigenvalue weighted by molar-refractivity contribution is 6.33. The van der Waals surface area contributed by atoms with E-state index >= 15 is 0 Å². The number of carbonyl (C=O) groups is 1. The molecule has 1 amide bonds. The number of pyridine rings is 1. The Morgan fingerprint density at radius 3 is 2.45 bits per heavy atom. The molecule has 2 heterocycles. The summed E-state index contributed by atoms with van der Waals surface area (Å²) in [6.45, 7) is 3.99. The van der Waals surface area contributed by atoms with E-state index in [9.17, 15) is 4.79 Å². The van der Waals surface area contributed by atoms with Gasteiger partial charge >= 0.3 is 0 Å². The van der Waals surface area contributed by atoms with Crippen LogP contribution in [0.15, 0.2) is 66.9 Å². The van der Waals surface area contributed by atoms with E-state index in [4.69, 9.17) is 11.6 Å². The Morgan fingerprint density at radius 1 is 1.07 bits per heavy atom. The van der Waals surface area contributed by atoms with E-state index < -0.39 is 0 Å². The second kappa shape index (κ2) is 8.66. The molecule has 2 aromatic carbocycles. The number of rotatable bonds is 4. The van der Waals surface area contributed by atoms with Crippen molar-refractivity contribution in [2.45, 2.75) is 25.7 Å². The summed E-state index contributed by atoms with van der Waals surface area (Å²) in [5.41, 5.74) is 4.00. The summed E-state index contributed by atoms with van der Waals surface area (Å²) in [6, 6.07) is 19.7. The number of anilines is 2. The Bertz CT molecular complexity index is 998. The van der Waals surface area contributed by atoms with Gasteiger partial charge in [0.1, 0.15) is 5.82 Å². The molecular formula is C24H24ClN3O. The van der Waals surface area contributed by atoms with Gasteiger partial charge in [0.15, 0.2) is 0 Å². The number of aryl methyl sites for hydroxylation is 1. The highest BCUT2D eigenvalue weighted by Crippen LogP contribution is 2.33. The fraction of sp³-hybridized carbons (Fsp3) is 0.250. The predicted octanol–water partition coefficient (Wildman–Crippen LogP) is 5.68. The van der Waals surface area contributed by atoms with Crippen molar-refractivity contribution < 1.29 is 4.79 Å². The van der Waals surface area contributed by atoms with Gasteiger partial charge in [0, 0.05) is 25.0 Å². The average molecular weight is 406 g/mol. The lowest BCUT2D eigenvalue weighted by Crippen LogP contribution is -2.34. The largest absolute Gasteiger partial charge is 0.355 e. The van der Waals surface area contributed by atoms with Crippen LogP contribution in [0.1, 0.15) is 40.2 Å². The van der Waals surface area contributed by atoms with Crippen LogP contribution in [-0.2, 0) is 0 Å². The van der Waals surface area contributed by atoms with E-state index in [-0.39, 0.29) is 5.91 Å². The molecular weight excluding hydrogens is 382 g/mol. The highest BCUT2D eigenvalue weighted by atomic mass is 35.5. The number of benzene rings is 2. The van der Waals surface area contributed by atoms with E-state index in [2.05, 4.69) is 46.4 Å². The first-order valence-corrected chi connectivity index (χ1v) is 10.3. The Labute approximate surface area is 176 Å². The van der Waals surface area contributed by atoms with Gasteiger partial charge in [-0.05, 0) is 55.0 Å². The molecule has 1 saturated heterocycles. The number of aromatic nitrogens is 1. The summed E-state index contributed by atoms with van der Waals surface area (Å²) in [6.07, 6.45) is 3.74. The van der Waals surface area contributed by atoms with Crippen LogP contribution in [0.5, 0.6) is 0 Å². The van der Waals surface area contributed by atoms with Crippen molar-refractivity contribution in [3.63, 3.8) is 0 Å². The smallest absolute Gasteiger partial charge is 0.257 e. The molecule has 0 saturated carbocycles. The van der Waals surface area contributed by atoms with Crippen LogP contribution in [0.3, 0.4) is 0 Å². The van der Waals surface area contributed by atoms with Gasteiger partial charge in [0.2, 0.25) is 0 Å². The minimum Gasteiger partial charge on any atom is -0.355 e. The number of hydrogen-bond acceptors (Lipinski definition) is 3. The van der Waals surface area contributed by atoms with Crippen molar-refractivity contribution in [2.75, 3.05) is 23.3 Å². The van der Waals surface area contributed by atoms with E-state index in [0.717, 1.165) is 37.4 Å². The van der Waals surface area contributed by atoms with Crippen LogP contribution < -0.4 is 10.2 Å². The zero-order valence-electron chi connectivity index (χ0n) is 16.4. The van der Waals surface area contributed by atoms with Crippen LogP contribution in [0, 0.1) is 6.92 Å². The van der Waals surface area contributed by atoms with Gasteiger partial charge in [0.25, 0.3) is 5.91 Å². The molecule has 4 rings (SSSR count). The molecule has 1 aliphatic heterocycles. The molecule has 1 fully saturated rings. The molecule has 1 aromatic heterocycles. The molecule has 4 nitrogen and oxygen atoms in total. The highest BCUT2D eigenvalue weighted by Gasteiger charge is 2.24. The standard InChI is InChI=1S/C24H24ClN3O/c1-17-7-5-6-10-21(17)18-11-13-28(14-12-18)23-22(25)15-19(16-26-23)24(29)27-20-8-3-2-4-9-20/h2-10,15-16,18H,11-14H2,1H3,(H,27,29). The lowest BCUT2D eigenvalue weighted by molar-refractivity contribution is 0.102. The van der Waals surface area contributed by atoms with Gasteiger partial charge in [-0.25, -0.2) is 4.98 Å². The first-order chi connectivity index (χ1) is 14.1. The van der Waals surface area contributed by atoms with E-state index in [0.29, 0.717) is 16.5 Å². The average Bonchev–Trinajstić information content (AvgIpc) is 2.75. The van der Waals surface area contributed by atoms with E-state index in [1.807, 2.05) is 30.3 Å². The zero-order valence-corrected chi connectivity index (χ0v) is 17.2. The summed E-state index contributed by atoms with van der Waals surface area (Å²) in [5.74, 6) is 1.11. The minimum absolute atomic E-state index is 0.213. The zero-order chi connectivity index (χ0) is 20.2. The number of nitrogens with one attached hydrogen (secondary N) is 1. The topological polar surface area (TPSA) is 45.2 Å². The number of halogens is 1. The lowest BCUT2D eigenvalue weighted by Gasteiger charge is -2.34. The number of amides is 1. The third-order valence-electron chi connectivity index (χ3n) is 5.54. The lowest BCUT2D eigenvalue weighted by atomic mass is 9.87. The molecule has 0 bridgehead atoms. The maximum absolute atomic E-state index is 12.5. The SMILES string of the molecule is Cc1ccccc1C1CCN(c2ncc(C(=O)Nc3ccccc3)cc2Cl)CC1. The second-order valence-electron chi connectivity index (χ2n) is 7.47. The Kier molecular flexibility index (Phi) is 5.81. The molecule has 0 spiro atoms. The number of para-hydroxylation sites is 1. The van der Waals surface area contributed by atoms with Gasteiger partial charge in [-0.15, -0.1) is 0 Å². The van der Waals surface area contributed by atoms with Gasteiger partial charge in [-0.2, -0.15) is 0 Å². The molecule has 1 N–H and O–H groups in total. The fourth-order valence-corrected chi connectivity index (χ4v) is 4.25. The summed E-state index contributed by atoms with van der Waals surface area (Å²) >= 11 is 6.50. The molecule has 0 unspecified atom stereocenters. The van der Waals surface area contributed by atoms with Crippen LogP contribution in [-0.4, -0.2) is 24.0 Å². The Hall–Kier alpha value is -2.85. The molecule has 0 aliphatic carbocycles. The Morgan fingerprint density at radius 2 is 1.76 bits per heavy atom. The third kappa shape index (κ3) is 4.43. The summed E-state index contributed by atoms with van der Waals surface area (Å²) in [5, 5.41) is 3.38. The molecule has 148 valence electrons. The molecule has 0 radical (unpaired) electrons. The monoisotopic (exact) mass is 405 g/mol. The van der Waals surface area contributed by atoms with Crippen LogP contribution in [0.25, 0.3) is 0 Å². The Balaban J connectivity index is 1.42. The second-order valence-corrected chi connectivity index (χ2v) is 7.87. The maximum Gasteiger partial charge on any atom is 0.257 e. The predicted molar refractivity (Wildman–Crippen MR) is 119 cm³/mol. The van der Waals surface area contributed by atoms with Crippen molar-refractivity contribution >= 4 is 29.0 Å². The van der Waals surface area contributed by atoms with Crippen LogP contribution in [0.2, 0.25) is 5.02 Å². The van der Waals surface area contributed by atoms with Crippen molar-refractivity contribution in [1.29, 1.82) is 0 Å². The first kappa shape index (κ1) is 19.5. The first-order valence-electron chi connectivity index (χ1n) is 9.94. The van der Waals surface area contributed by atoms with Gasteiger partial charge < -0.3 is 10.2 Å². The minimum atomic E-state index is -0.213. The van der Waals surface area contributed by atoms with E-state index in [1.165, 1.54) is 11.1 Å². The number of carbonyl (C=O) groups excluding carboxylic acids is 1. The summed E-state index contributed by atoms with van der Waals surface area (Å²) < 4.78 is 0. The van der Waals surface area contributed by atoms with Crippen LogP contribution in [0.4, 0.5) is 11.5 Å². The summed E-state index contributed by atoms with van der Waals surface area (Å²) in [4.78, 5) is 19.2. The maximum atomic E-state index is 12.5. The molecule has 29 heavy (non-hydrogen) atoms. The molecule has 3 aromatic rings. The number of nitrogens with zero attached hydrogens (tertiary/aromatic N) is 2. The molecule has 1 aliphatic rings. The van der Waals surface area contributed by atoms with Crippen molar-refractivity contribution in [1.82, 2.24) is 4.98 Å². The number of piperidine rings is 1. The molecule has 0 atom stereocenters. The fourth-order valence-electron chi connectivity index (χ4n) is 3.96. The van der Waals surface area contributed by atoms with Crippen LogP contribution >= 0.6 is 11.6 Å². The van der Waals surface area contributed by atoms with Crippen molar-refractivity contribution in [3.8, 4) is 0 Å². The third-order valence-corrected chi connectivity index (χ3v) is 5.82. The quantitative estimate of drug-likeness (QED) is 0.607. The summed E-state index contributed by atoms with van der Waals surface area (Å²) in [7, 11) is 0. The molecule has 5 heteroatoms. The van der Waals surface area contributed by atoms with Gasteiger partial charge in [-0.1, -0.05) is 54.1 Å². The number of hydrogen-bond donors (Lipinski definition) is 1. The van der Waals surface area contributed by atoms with Crippen molar-refractivity contribution in [2.24, 2.45) is 0 Å². The van der Waals surface area contributed by atoms with Gasteiger partial charge in [-0.3, -0.25) is 4.79 Å².